The molecule has 0 bridgehead atoms. The van der Waals surface area contributed by atoms with Crippen molar-refractivity contribution < 1.29 is 4.52 Å². The van der Waals surface area contributed by atoms with E-state index in [2.05, 4.69) is 99.6 Å². The monoisotopic (exact) mass is 437 g/mol. The van der Waals surface area contributed by atoms with Gasteiger partial charge in [-0.15, -0.1) is 0 Å². The van der Waals surface area contributed by atoms with Gasteiger partial charge in [-0.3, -0.25) is 0 Å². The van der Waals surface area contributed by atoms with Crippen molar-refractivity contribution in [3.8, 4) is 11.3 Å². The maximum absolute atomic E-state index is 7.02. The molecule has 1 heterocycles. The van der Waals surface area contributed by atoms with Crippen LogP contribution in [-0.4, -0.2) is 4.98 Å². The number of benzene rings is 3. The second-order valence-corrected chi connectivity index (χ2v) is 10.3. The number of aryl methyl sites for hydroxylation is 3. The van der Waals surface area contributed by atoms with Crippen LogP contribution in [-0.2, 0) is 10.9 Å². The zero-order valence-electron chi connectivity index (χ0n) is 18.9. The number of hydrogen-bond acceptors (Lipinski definition) is 2. The average molecular weight is 438 g/mol. The first-order valence-electron chi connectivity index (χ1n) is 11.3. The second-order valence-electron chi connectivity index (χ2n) is 8.55. The van der Waals surface area contributed by atoms with E-state index in [1.807, 2.05) is 6.07 Å². The third-order valence-electron chi connectivity index (χ3n) is 6.31. The molecule has 0 fully saturated rings. The smallest absolute Gasteiger partial charge is 0.105 e. The topological polar surface area (TPSA) is 22.1 Å². The van der Waals surface area contributed by atoms with Crippen LogP contribution in [0.25, 0.3) is 11.3 Å². The molecule has 0 saturated heterocycles. The molecule has 0 spiro atoms. The van der Waals surface area contributed by atoms with E-state index in [9.17, 15) is 0 Å². The summed E-state index contributed by atoms with van der Waals surface area (Å²) in [4.78, 5) is 5.14. The van der Waals surface area contributed by atoms with Gasteiger partial charge in [0.2, 0.25) is 0 Å². The van der Waals surface area contributed by atoms with Gasteiger partial charge in [0, 0.05) is 16.2 Å². The third kappa shape index (κ3) is 4.01. The van der Waals surface area contributed by atoms with Crippen LogP contribution < -0.4 is 10.6 Å². The summed E-state index contributed by atoms with van der Waals surface area (Å²) in [5.74, 6) is 0. The summed E-state index contributed by atoms with van der Waals surface area (Å²) in [6.45, 7) is 6.58. The van der Waals surface area contributed by atoms with Crippen molar-refractivity contribution in [2.75, 3.05) is 0 Å². The molecular weight excluding hydrogens is 409 g/mol. The molecule has 5 rings (SSSR count). The SMILES string of the molecule is Cc1ccccc1P(O[C@@H]1CCc2c(C)cc(-c3ccccc3)nc21)c1ccccc1C. The van der Waals surface area contributed by atoms with Crippen molar-refractivity contribution in [1.29, 1.82) is 0 Å². The number of aromatic nitrogens is 1. The Hall–Kier alpha value is -2.80. The van der Waals surface area contributed by atoms with Crippen LogP contribution in [0.2, 0.25) is 0 Å². The predicted octanol–water partition coefficient (Wildman–Crippen LogP) is 6.73. The van der Waals surface area contributed by atoms with E-state index >= 15 is 0 Å². The standard InChI is InChI=1S/C29H28NOP/c1-20-11-7-9-15-27(20)32(28-16-10-8-12-21(28)2)31-26-18-17-24-22(3)19-25(30-29(24)26)23-13-5-4-6-14-23/h4-16,19,26H,17-18H2,1-3H3/t26-/m1/s1. The van der Waals surface area contributed by atoms with Crippen molar-refractivity contribution in [1.82, 2.24) is 4.98 Å². The molecule has 0 saturated carbocycles. The Bertz CT molecular complexity index is 1210. The number of rotatable bonds is 5. The Morgan fingerprint density at radius 2 is 1.34 bits per heavy atom. The summed E-state index contributed by atoms with van der Waals surface area (Å²) < 4.78 is 7.02. The summed E-state index contributed by atoms with van der Waals surface area (Å²) >= 11 is 0. The van der Waals surface area contributed by atoms with E-state index in [-0.39, 0.29) is 6.10 Å². The molecule has 32 heavy (non-hydrogen) atoms. The Balaban J connectivity index is 1.56. The lowest BCUT2D eigenvalue weighted by Crippen LogP contribution is -2.19. The molecule has 0 N–H and O–H groups in total. The van der Waals surface area contributed by atoms with Crippen LogP contribution >= 0.6 is 8.15 Å². The number of fused-ring (bicyclic) bond motifs is 1. The van der Waals surface area contributed by atoms with Crippen LogP contribution in [0.4, 0.5) is 0 Å². The Kier molecular flexibility index (Phi) is 5.91. The van der Waals surface area contributed by atoms with Gasteiger partial charge in [0.15, 0.2) is 0 Å². The highest BCUT2D eigenvalue weighted by atomic mass is 31.1. The molecule has 1 aromatic heterocycles. The van der Waals surface area contributed by atoms with Crippen LogP contribution in [0.15, 0.2) is 84.9 Å². The molecule has 4 aromatic rings. The van der Waals surface area contributed by atoms with Gasteiger partial charge in [-0.1, -0.05) is 78.9 Å². The van der Waals surface area contributed by atoms with Crippen molar-refractivity contribution in [2.24, 2.45) is 0 Å². The molecule has 2 nitrogen and oxygen atoms in total. The van der Waals surface area contributed by atoms with E-state index in [1.165, 1.54) is 32.9 Å². The van der Waals surface area contributed by atoms with Crippen molar-refractivity contribution in [3.05, 3.63) is 113 Å². The first-order valence-corrected chi connectivity index (χ1v) is 12.5. The molecule has 0 aliphatic heterocycles. The van der Waals surface area contributed by atoms with Gasteiger partial charge in [-0.05, 0) is 61.9 Å². The maximum Gasteiger partial charge on any atom is 0.105 e. The molecule has 3 aromatic carbocycles. The quantitative estimate of drug-likeness (QED) is 0.323. The highest BCUT2D eigenvalue weighted by Crippen LogP contribution is 2.47. The lowest BCUT2D eigenvalue weighted by molar-refractivity contribution is 0.234. The minimum atomic E-state index is -0.942. The molecule has 160 valence electrons. The summed E-state index contributed by atoms with van der Waals surface area (Å²) in [5.41, 5.74) is 8.55. The number of nitrogens with zero attached hydrogens (tertiary/aromatic N) is 1. The highest BCUT2D eigenvalue weighted by molar-refractivity contribution is 7.68. The Labute approximate surface area is 192 Å². The normalized spacial score (nSPS) is 15.2. The molecule has 1 aliphatic rings. The summed E-state index contributed by atoms with van der Waals surface area (Å²) in [6, 6.07) is 30.0. The summed E-state index contributed by atoms with van der Waals surface area (Å²) in [6.07, 6.45) is 2.02. The van der Waals surface area contributed by atoms with Crippen LogP contribution in [0, 0.1) is 20.8 Å². The third-order valence-corrected chi connectivity index (χ3v) is 8.66. The van der Waals surface area contributed by atoms with Gasteiger partial charge >= 0.3 is 0 Å². The fourth-order valence-electron chi connectivity index (χ4n) is 4.54. The lowest BCUT2D eigenvalue weighted by atomic mass is 10.0. The van der Waals surface area contributed by atoms with Crippen molar-refractivity contribution in [3.63, 3.8) is 0 Å². The number of hydrogen-bond donors (Lipinski definition) is 0. The first-order chi connectivity index (χ1) is 15.6. The largest absolute Gasteiger partial charge is 0.340 e. The fourth-order valence-corrected chi connectivity index (χ4v) is 6.72. The predicted molar refractivity (Wildman–Crippen MR) is 135 cm³/mol. The number of pyridine rings is 1. The van der Waals surface area contributed by atoms with Crippen LogP contribution in [0.5, 0.6) is 0 Å². The first kappa shape index (κ1) is 21.1. The molecule has 0 unspecified atom stereocenters. The van der Waals surface area contributed by atoms with E-state index in [1.54, 1.807) is 0 Å². The van der Waals surface area contributed by atoms with Gasteiger partial charge in [-0.2, -0.15) is 0 Å². The van der Waals surface area contributed by atoms with E-state index < -0.39 is 8.15 Å². The van der Waals surface area contributed by atoms with Crippen LogP contribution in [0.1, 0.15) is 40.5 Å². The zero-order valence-corrected chi connectivity index (χ0v) is 19.8. The molecule has 0 radical (unpaired) electrons. The molecule has 0 amide bonds. The second kappa shape index (κ2) is 8.98. The molecule has 3 heteroatoms. The minimum Gasteiger partial charge on any atom is -0.340 e. The lowest BCUT2D eigenvalue weighted by Gasteiger charge is -2.25. The van der Waals surface area contributed by atoms with Crippen LogP contribution in [0.3, 0.4) is 0 Å². The van der Waals surface area contributed by atoms with Gasteiger partial charge < -0.3 is 4.52 Å². The van der Waals surface area contributed by atoms with Gasteiger partial charge in [0.1, 0.15) is 6.10 Å². The minimum absolute atomic E-state index is 0.0117. The molecular formula is C29H28NOP. The van der Waals surface area contributed by atoms with Gasteiger partial charge in [-0.25, -0.2) is 4.98 Å². The molecule has 1 atom stereocenters. The van der Waals surface area contributed by atoms with Gasteiger partial charge in [0.05, 0.1) is 19.5 Å². The van der Waals surface area contributed by atoms with E-state index in [0.717, 1.165) is 29.8 Å². The average Bonchev–Trinajstić information content (AvgIpc) is 3.22. The Morgan fingerprint density at radius 1 is 0.750 bits per heavy atom. The Morgan fingerprint density at radius 3 is 1.97 bits per heavy atom. The zero-order chi connectivity index (χ0) is 22.1. The highest BCUT2D eigenvalue weighted by Gasteiger charge is 2.31. The van der Waals surface area contributed by atoms with Gasteiger partial charge in [0.25, 0.3) is 0 Å². The fraction of sp³-hybridized carbons (Fsp3) is 0.207. The van der Waals surface area contributed by atoms with E-state index in [0.29, 0.717) is 0 Å². The summed E-state index contributed by atoms with van der Waals surface area (Å²) in [7, 11) is -0.942. The van der Waals surface area contributed by atoms with E-state index in [4.69, 9.17) is 9.51 Å². The summed E-state index contributed by atoms with van der Waals surface area (Å²) in [5, 5.41) is 2.59. The molecule has 1 aliphatic carbocycles. The van der Waals surface area contributed by atoms with Crippen molar-refractivity contribution in [2.45, 2.75) is 39.7 Å². The maximum atomic E-state index is 7.02. The van der Waals surface area contributed by atoms with Crippen molar-refractivity contribution >= 4 is 18.8 Å².